The Hall–Kier alpha value is -4.40. The molecule has 1 atom stereocenters. The van der Waals surface area contributed by atoms with Gasteiger partial charge in [0.25, 0.3) is 5.91 Å². The van der Waals surface area contributed by atoms with Crippen molar-refractivity contribution in [1.29, 1.82) is 0 Å². The first-order chi connectivity index (χ1) is 17.1. The maximum absolute atomic E-state index is 12.5. The van der Waals surface area contributed by atoms with Crippen LogP contribution < -0.4 is 5.32 Å². The van der Waals surface area contributed by atoms with Crippen molar-refractivity contribution in [2.24, 2.45) is 0 Å². The first-order valence-corrected chi connectivity index (χ1v) is 10.6. The summed E-state index contributed by atoms with van der Waals surface area (Å²) in [4.78, 5) is 30.4. The molecule has 5 rings (SSSR count). The maximum atomic E-state index is 12.5. The molecule has 4 aromatic rings. The van der Waals surface area contributed by atoms with E-state index < -0.39 is 24.2 Å². The Balaban J connectivity index is 1.36. The van der Waals surface area contributed by atoms with E-state index in [0.717, 1.165) is 6.33 Å². The molecule has 5 heterocycles. The monoisotopic (exact) mass is 501 g/mol. The molecule has 1 aliphatic rings. The molecule has 1 aliphatic heterocycles. The minimum atomic E-state index is -4.43. The molecule has 1 unspecified atom stereocenters. The van der Waals surface area contributed by atoms with E-state index in [0.29, 0.717) is 34.0 Å². The van der Waals surface area contributed by atoms with E-state index in [1.165, 1.54) is 17.2 Å². The number of carbonyl (C=O) groups is 1. The van der Waals surface area contributed by atoms with E-state index in [1.807, 2.05) is 0 Å². The van der Waals surface area contributed by atoms with Crippen LogP contribution in [0.15, 0.2) is 47.4 Å². The molecule has 15 heteroatoms. The molecule has 0 saturated carbocycles. The van der Waals surface area contributed by atoms with Crippen molar-refractivity contribution in [3.05, 3.63) is 48.6 Å². The highest BCUT2D eigenvalue weighted by Gasteiger charge is 2.48. The van der Waals surface area contributed by atoms with E-state index in [4.69, 9.17) is 4.52 Å². The number of halogens is 3. The van der Waals surface area contributed by atoms with Crippen LogP contribution in [0.2, 0.25) is 0 Å². The largest absolute Gasteiger partial charge is 0.408 e. The average molecular weight is 501 g/mol. The highest BCUT2D eigenvalue weighted by Crippen LogP contribution is 2.34. The van der Waals surface area contributed by atoms with Gasteiger partial charge in [-0.25, -0.2) is 24.6 Å². The number of nitrogens with zero attached hydrogens (tertiary/aromatic N) is 8. The SMILES string of the molecule is CN1CCC(O)(c2cc(-c3cccc(-c4ccnc(Nc5ncn(CC(F)(F)F)n5)n4)n3)no2)C1=O. The Labute approximate surface area is 200 Å². The summed E-state index contributed by atoms with van der Waals surface area (Å²) in [5.74, 6) is -0.478. The Morgan fingerprint density at radius 1 is 1.11 bits per heavy atom. The van der Waals surface area contributed by atoms with Gasteiger partial charge in [-0.2, -0.15) is 13.2 Å². The molecule has 4 aromatic heterocycles. The van der Waals surface area contributed by atoms with Crippen molar-refractivity contribution in [3.63, 3.8) is 0 Å². The quantitative estimate of drug-likeness (QED) is 0.403. The second kappa shape index (κ2) is 8.67. The van der Waals surface area contributed by atoms with Gasteiger partial charge < -0.3 is 14.5 Å². The minimum absolute atomic E-state index is 0.0324. The summed E-state index contributed by atoms with van der Waals surface area (Å²) in [6, 6.07) is 8.14. The molecule has 0 spiro atoms. The number of anilines is 2. The fourth-order valence-electron chi connectivity index (χ4n) is 3.67. The van der Waals surface area contributed by atoms with Crippen LogP contribution in [-0.4, -0.2) is 70.6 Å². The number of aromatic nitrogens is 7. The van der Waals surface area contributed by atoms with Gasteiger partial charge in [0.15, 0.2) is 5.76 Å². The molecule has 36 heavy (non-hydrogen) atoms. The number of rotatable bonds is 6. The van der Waals surface area contributed by atoms with Crippen molar-refractivity contribution in [2.75, 3.05) is 18.9 Å². The molecule has 1 saturated heterocycles. The molecule has 0 radical (unpaired) electrons. The summed E-state index contributed by atoms with van der Waals surface area (Å²) in [5, 5.41) is 21.1. The molecule has 0 aliphatic carbocycles. The molecule has 0 bridgehead atoms. The highest BCUT2D eigenvalue weighted by atomic mass is 19.4. The summed E-state index contributed by atoms with van der Waals surface area (Å²) < 4.78 is 43.5. The number of aliphatic hydroxyl groups is 1. The first-order valence-electron chi connectivity index (χ1n) is 10.6. The number of pyridine rings is 1. The van der Waals surface area contributed by atoms with Crippen LogP contribution in [0, 0.1) is 0 Å². The van der Waals surface area contributed by atoms with Crippen LogP contribution in [0.1, 0.15) is 12.2 Å². The number of nitrogens with one attached hydrogen (secondary N) is 1. The first kappa shape index (κ1) is 23.3. The highest BCUT2D eigenvalue weighted by molar-refractivity contribution is 5.87. The molecule has 0 aromatic carbocycles. The number of likely N-dealkylation sites (tertiary alicyclic amines) is 1. The normalized spacial score (nSPS) is 18.1. The zero-order chi connectivity index (χ0) is 25.5. The fourth-order valence-corrected chi connectivity index (χ4v) is 3.67. The molecule has 186 valence electrons. The fraction of sp³-hybridized carbons (Fsp3) is 0.286. The standard InChI is InChI=1S/C21H18F3N9O3/c1-32-8-6-20(35,17(32)34)16-9-15(31-36-16)13-4-2-3-12(27-13)14-5-7-25-18(28-14)29-19-26-11-33(30-19)10-21(22,23)24/h2-5,7,9,11,35H,6,8,10H2,1H3,(H,25,28,29,30). The second-order valence-corrected chi connectivity index (χ2v) is 8.09. The number of carbonyl (C=O) groups excluding carboxylic acids is 1. The lowest BCUT2D eigenvalue weighted by atomic mass is 9.98. The summed E-state index contributed by atoms with van der Waals surface area (Å²) in [5.41, 5.74) is -0.209. The van der Waals surface area contributed by atoms with E-state index in [2.05, 4.69) is 35.5 Å². The van der Waals surface area contributed by atoms with Crippen molar-refractivity contribution < 1.29 is 27.6 Å². The Morgan fingerprint density at radius 2 is 1.86 bits per heavy atom. The number of likely N-dealkylation sites (N-methyl/N-ethyl adjacent to an activating group) is 1. The predicted octanol–water partition coefficient (Wildman–Crippen LogP) is 2.14. The smallest absolute Gasteiger partial charge is 0.373 e. The van der Waals surface area contributed by atoms with Gasteiger partial charge in [0.2, 0.25) is 17.5 Å². The molecule has 2 N–H and O–H groups in total. The van der Waals surface area contributed by atoms with Gasteiger partial charge in [-0.1, -0.05) is 11.2 Å². The molecular weight excluding hydrogens is 483 g/mol. The number of amides is 1. The zero-order valence-corrected chi connectivity index (χ0v) is 18.6. The topological polar surface area (TPSA) is 148 Å². The number of alkyl halides is 3. The van der Waals surface area contributed by atoms with E-state index in [1.54, 1.807) is 31.3 Å². The van der Waals surface area contributed by atoms with E-state index in [-0.39, 0.29) is 24.1 Å². The van der Waals surface area contributed by atoms with E-state index in [9.17, 15) is 23.1 Å². The second-order valence-electron chi connectivity index (χ2n) is 8.09. The molecule has 12 nitrogen and oxygen atoms in total. The van der Waals surface area contributed by atoms with Crippen LogP contribution in [-0.2, 0) is 16.9 Å². The molecule has 1 amide bonds. The summed E-state index contributed by atoms with van der Waals surface area (Å²) in [6.45, 7) is -0.882. The van der Waals surface area contributed by atoms with Crippen molar-refractivity contribution in [3.8, 4) is 22.8 Å². The summed E-state index contributed by atoms with van der Waals surface area (Å²) in [6.07, 6.45) is -1.85. The van der Waals surface area contributed by atoms with Crippen LogP contribution in [0.25, 0.3) is 22.8 Å². The van der Waals surface area contributed by atoms with Crippen LogP contribution in [0.5, 0.6) is 0 Å². The number of hydrogen-bond donors (Lipinski definition) is 2. The lowest BCUT2D eigenvalue weighted by Crippen LogP contribution is -2.35. The number of hydrogen-bond acceptors (Lipinski definition) is 10. The van der Waals surface area contributed by atoms with Crippen LogP contribution in [0.4, 0.5) is 25.1 Å². The molecular formula is C21H18F3N9O3. The zero-order valence-electron chi connectivity index (χ0n) is 18.6. The third-order valence-electron chi connectivity index (χ3n) is 5.46. The molecule has 1 fully saturated rings. The van der Waals surface area contributed by atoms with Gasteiger partial charge in [0.05, 0.1) is 17.1 Å². The lowest BCUT2D eigenvalue weighted by Gasteiger charge is -2.16. The maximum Gasteiger partial charge on any atom is 0.408 e. The van der Waals surface area contributed by atoms with E-state index >= 15 is 0 Å². The van der Waals surface area contributed by atoms with Gasteiger partial charge in [-0.05, 0) is 18.2 Å². The predicted molar refractivity (Wildman–Crippen MR) is 116 cm³/mol. The van der Waals surface area contributed by atoms with Crippen LogP contribution >= 0.6 is 0 Å². The Morgan fingerprint density at radius 3 is 2.58 bits per heavy atom. The summed E-state index contributed by atoms with van der Waals surface area (Å²) in [7, 11) is 1.59. The van der Waals surface area contributed by atoms with Gasteiger partial charge in [0.1, 0.15) is 18.6 Å². The third kappa shape index (κ3) is 4.59. The third-order valence-corrected chi connectivity index (χ3v) is 5.46. The van der Waals surface area contributed by atoms with Gasteiger partial charge in [-0.15, -0.1) is 5.10 Å². The minimum Gasteiger partial charge on any atom is -0.373 e. The summed E-state index contributed by atoms with van der Waals surface area (Å²) >= 11 is 0. The van der Waals surface area contributed by atoms with Gasteiger partial charge in [0, 0.05) is 32.3 Å². The average Bonchev–Trinajstić information content (AvgIpc) is 3.56. The van der Waals surface area contributed by atoms with Crippen molar-refractivity contribution in [1.82, 2.24) is 39.8 Å². The van der Waals surface area contributed by atoms with Gasteiger partial charge >= 0.3 is 6.18 Å². The lowest BCUT2D eigenvalue weighted by molar-refractivity contribution is -0.145. The Kier molecular flexibility index (Phi) is 5.62. The van der Waals surface area contributed by atoms with Crippen molar-refractivity contribution >= 4 is 17.8 Å². The van der Waals surface area contributed by atoms with Crippen LogP contribution in [0.3, 0.4) is 0 Å². The van der Waals surface area contributed by atoms with Gasteiger partial charge in [-0.3, -0.25) is 10.1 Å². The Bertz CT molecular complexity index is 1420. The van der Waals surface area contributed by atoms with Crippen molar-refractivity contribution in [2.45, 2.75) is 24.7 Å².